The minimum atomic E-state index is -0.753. The molecule has 1 aliphatic heterocycles. The van der Waals surface area contributed by atoms with Crippen molar-refractivity contribution in [3.8, 4) is 0 Å². The SMILES string of the molecule is NC1CCC(CC2CC(C(=O)c3ccc(F)cc3F)CCN2)CC1. The lowest BCUT2D eigenvalue weighted by Crippen LogP contribution is -2.42. The molecule has 2 unspecified atom stereocenters. The lowest BCUT2D eigenvalue weighted by molar-refractivity contribution is 0.0865. The Morgan fingerprint density at radius 1 is 1.17 bits per heavy atom. The third-order valence-electron chi connectivity index (χ3n) is 5.57. The van der Waals surface area contributed by atoms with Crippen molar-refractivity contribution in [3.63, 3.8) is 0 Å². The molecule has 2 aliphatic rings. The Bertz CT molecular complexity index is 585. The molecule has 0 amide bonds. The Hall–Kier alpha value is -1.33. The van der Waals surface area contributed by atoms with Crippen LogP contribution in [0.3, 0.4) is 0 Å². The largest absolute Gasteiger partial charge is 0.328 e. The third-order valence-corrected chi connectivity index (χ3v) is 5.57. The highest BCUT2D eigenvalue weighted by molar-refractivity contribution is 5.98. The molecule has 2 atom stereocenters. The summed E-state index contributed by atoms with van der Waals surface area (Å²) in [6.45, 7) is 0.774. The average molecular weight is 336 g/mol. The summed E-state index contributed by atoms with van der Waals surface area (Å²) in [7, 11) is 0. The number of ketones is 1. The molecule has 1 aliphatic carbocycles. The van der Waals surface area contributed by atoms with Crippen molar-refractivity contribution >= 4 is 5.78 Å². The number of piperidine rings is 1. The number of carbonyl (C=O) groups excluding carboxylic acids is 1. The fraction of sp³-hybridized carbons (Fsp3) is 0.632. The van der Waals surface area contributed by atoms with Crippen LogP contribution < -0.4 is 11.1 Å². The van der Waals surface area contributed by atoms with Crippen molar-refractivity contribution in [2.75, 3.05) is 6.54 Å². The van der Waals surface area contributed by atoms with Crippen LogP contribution >= 0.6 is 0 Å². The lowest BCUT2D eigenvalue weighted by atomic mass is 9.78. The Kier molecular flexibility index (Phi) is 5.61. The fourth-order valence-corrected chi connectivity index (χ4v) is 4.16. The molecule has 3 rings (SSSR count). The summed E-state index contributed by atoms with van der Waals surface area (Å²) >= 11 is 0. The smallest absolute Gasteiger partial charge is 0.168 e. The van der Waals surface area contributed by atoms with Gasteiger partial charge in [0.2, 0.25) is 0 Å². The molecule has 3 N–H and O–H groups in total. The van der Waals surface area contributed by atoms with Gasteiger partial charge < -0.3 is 11.1 Å². The Labute approximate surface area is 142 Å². The number of benzene rings is 1. The van der Waals surface area contributed by atoms with Gasteiger partial charge >= 0.3 is 0 Å². The van der Waals surface area contributed by atoms with Crippen LogP contribution in [0.25, 0.3) is 0 Å². The van der Waals surface area contributed by atoms with E-state index in [1.54, 1.807) is 0 Å². The topological polar surface area (TPSA) is 55.1 Å². The first-order valence-corrected chi connectivity index (χ1v) is 9.01. The third kappa shape index (κ3) is 4.19. The second kappa shape index (κ2) is 7.70. The van der Waals surface area contributed by atoms with Crippen molar-refractivity contribution in [1.82, 2.24) is 5.32 Å². The zero-order valence-electron chi connectivity index (χ0n) is 13.9. The second-order valence-electron chi connectivity index (χ2n) is 7.38. The number of rotatable bonds is 4. The van der Waals surface area contributed by atoms with Crippen molar-refractivity contribution < 1.29 is 13.6 Å². The number of hydrogen-bond donors (Lipinski definition) is 2. The van der Waals surface area contributed by atoms with E-state index in [2.05, 4.69) is 5.32 Å². The van der Waals surface area contributed by atoms with E-state index in [1.807, 2.05) is 0 Å². The molecule has 1 heterocycles. The molecule has 0 aromatic heterocycles. The molecule has 0 radical (unpaired) electrons. The molecule has 132 valence electrons. The zero-order chi connectivity index (χ0) is 17.1. The summed E-state index contributed by atoms with van der Waals surface area (Å²) in [5.41, 5.74) is 5.98. The van der Waals surface area contributed by atoms with Crippen LogP contribution in [0, 0.1) is 23.5 Å². The summed E-state index contributed by atoms with van der Waals surface area (Å²) in [5.74, 6) is -1.11. The van der Waals surface area contributed by atoms with E-state index >= 15 is 0 Å². The molecule has 0 spiro atoms. The van der Waals surface area contributed by atoms with E-state index in [4.69, 9.17) is 5.73 Å². The van der Waals surface area contributed by atoms with Gasteiger partial charge in [0.05, 0.1) is 5.56 Å². The van der Waals surface area contributed by atoms with Crippen LogP contribution in [0.5, 0.6) is 0 Å². The summed E-state index contributed by atoms with van der Waals surface area (Å²) < 4.78 is 26.9. The monoisotopic (exact) mass is 336 g/mol. The predicted octanol–water partition coefficient (Wildman–Crippen LogP) is 3.42. The highest BCUT2D eigenvalue weighted by Gasteiger charge is 2.31. The van der Waals surface area contributed by atoms with E-state index in [1.165, 1.54) is 6.07 Å². The molecule has 5 heteroatoms. The van der Waals surface area contributed by atoms with E-state index in [-0.39, 0.29) is 17.3 Å². The van der Waals surface area contributed by atoms with Crippen LogP contribution in [0.4, 0.5) is 8.78 Å². The summed E-state index contributed by atoms with van der Waals surface area (Å²) in [4.78, 5) is 12.6. The quantitative estimate of drug-likeness (QED) is 0.828. The van der Waals surface area contributed by atoms with Crippen molar-refractivity contribution in [2.45, 2.75) is 57.0 Å². The van der Waals surface area contributed by atoms with E-state index in [9.17, 15) is 13.6 Å². The maximum atomic E-state index is 13.9. The highest BCUT2D eigenvalue weighted by atomic mass is 19.1. The molecule has 1 aromatic rings. The minimum absolute atomic E-state index is 0.0192. The Balaban J connectivity index is 1.59. The minimum Gasteiger partial charge on any atom is -0.328 e. The van der Waals surface area contributed by atoms with Crippen molar-refractivity contribution in [2.24, 2.45) is 17.6 Å². The van der Waals surface area contributed by atoms with Crippen molar-refractivity contribution in [3.05, 3.63) is 35.4 Å². The average Bonchev–Trinajstić information content (AvgIpc) is 2.57. The molecule has 2 fully saturated rings. The van der Waals surface area contributed by atoms with Crippen LogP contribution in [0.15, 0.2) is 18.2 Å². The van der Waals surface area contributed by atoms with Crippen LogP contribution in [0.1, 0.15) is 55.3 Å². The van der Waals surface area contributed by atoms with Gasteiger partial charge in [0.1, 0.15) is 11.6 Å². The molecular formula is C19H26F2N2O. The first-order chi connectivity index (χ1) is 11.5. The predicted molar refractivity (Wildman–Crippen MR) is 89.8 cm³/mol. The number of hydrogen-bond acceptors (Lipinski definition) is 3. The number of nitrogens with one attached hydrogen (secondary N) is 1. The Morgan fingerprint density at radius 3 is 2.62 bits per heavy atom. The van der Waals surface area contributed by atoms with Gasteiger partial charge in [-0.15, -0.1) is 0 Å². The fourth-order valence-electron chi connectivity index (χ4n) is 4.16. The highest BCUT2D eigenvalue weighted by Crippen LogP contribution is 2.31. The molecule has 0 bridgehead atoms. The van der Waals surface area contributed by atoms with E-state index in [0.29, 0.717) is 24.4 Å². The first kappa shape index (κ1) is 17.5. The van der Waals surface area contributed by atoms with Crippen LogP contribution in [0.2, 0.25) is 0 Å². The number of nitrogens with two attached hydrogens (primary N) is 1. The van der Waals surface area contributed by atoms with E-state index < -0.39 is 11.6 Å². The summed E-state index contributed by atoms with van der Waals surface area (Å²) in [6, 6.07) is 3.86. The zero-order valence-corrected chi connectivity index (χ0v) is 13.9. The standard InChI is InChI=1S/C19H26F2N2O/c20-14-3-6-17(18(21)11-14)19(24)13-7-8-23-16(10-13)9-12-1-4-15(22)5-2-12/h3,6,11-13,15-16,23H,1-2,4-5,7-10,22H2. The van der Waals surface area contributed by atoms with Gasteiger partial charge in [0.25, 0.3) is 0 Å². The maximum Gasteiger partial charge on any atom is 0.168 e. The number of halogens is 2. The molecule has 1 saturated heterocycles. The molecule has 1 aromatic carbocycles. The van der Waals surface area contributed by atoms with E-state index in [0.717, 1.165) is 57.2 Å². The van der Waals surface area contributed by atoms with Gasteiger partial charge in [0.15, 0.2) is 5.78 Å². The second-order valence-corrected chi connectivity index (χ2v) is 7.38. The molecule has 3 nitrogen and oxygen atoms in total. The van der Waals surface area contributed by atoms with Crippen LogP contribution in [-0.4, -0.2) is 24.4 Å². The lowest BCUT2D eigenvalue weighted by Gasteiger charge is -2.34. The molecular weight excluding hydrogens is 310 g/mol. The Morgan fingerprint density at radius 2 is 1.92 bits per heavy atom. The van der Waals surface area contributed by atoms with Gasteiger partial charge in [-0.2, -0.15) is 0 Å². The van der Waals surface area contributed by atoms with Crippen LogP contribution in [-0.2, 0) is 0 Å². The molecule has 1 saturated carbocycles. The van der Waals surface area contributed by atoms with Gasteiger partial charge in [-0.3, -0.25) is 4.79 Å². The van der Waals surface area contributed by atoms with Gasteiger partial charge in [-0.05, 0) is 69.5 Å². The normalized spacial score (nSPS) is 31.0. The summed E-state index contributed by atoms with van der Waals surface area (Å²) in [6.07, 6.45) is 6.98. The van der Waals surface area contributed by atoms with Gasteiger partial charge in [-0.25, -0.2) is 8.78 Å². The maximum absolute atomic E-state index is 13.9. The molecule has 24 heavy (non-hydrogen) atoms. The number of Topliss-reactive ketones (excluding diaryl/α,β-unsaturated/α-hetero) is 1. The van der Waals surface area contributed by atoms with Gasteiger partial charge in [-0.1, -0.05) is 0 Å². The first-order valence-electron chi connectivity index (χ1n) is 9.01. The summed E-state index contributed by atoms with van der Waals surface area (Å²) in [5, 5.41) is 3.50. The van der Waals surface area contributed by atoms with Gasteiger partial charge in [0, 0.05) is 24.1 Å². The number of carbonyl (C=O) groups is 1. The van der Waals surface area contributed by atoms with Crippen molar-refractivity contribution in [1.29, 1.82) is 0 Å².